The van der Waals surface area contributed by atoms with E-state index in [0.717, 1.165) is 24.9 Å². The Morgan fingerprint density at radius 2 is 2.33 bits per heavy atom. The molecular formula is C16H22N4O. The molecule has 0 spiro atoms. The van der Waals surface area contributed by atoms with Gasteiger partial charge in [-0.3, -0.25) is 9.69 Å². The average Bonchev–Trinajstić information content (AvgIpc) is 2.49. The van der Waals surface area contributed by atoms with Gasteiger partial charge in [-0.25, -0.2) is 4.98 Å². The third kappa shape index (κ3) is 3.59. The highest BCUT2D eigenvalue weighted by molar-refractivity contribution is 5.92. The number of hydrogen-bond donors (Lipinski definition) is 1. The van der Waals surface area contributed by atoms with Crippen LogP contribution in [0.15, 0.2) is 18.3 Å². The number of nitrogens with zero attached hydrogens (tertiary/aromatic N) is 3. The van der Waals surface area contributed by atoms with Crippen LogP contribution in [0.3, 0.4) is 0 Å². The molecular weight excluding hydrogens is 264 g/mol. The SMILES string of the molecule is Cc1cccnc1NC(=O)[C@@H]1CCCN(C(C)(C)C#N)C1. The lowest BCUT2D eigenvalue weighted by molar-refractivity contribution is -0.122. The molecule has 0 aromatic carbocycles. The maximum atomic E-state index is 12.4. The first-order chi connectivity index (χ1) is 9.94. The van der Waals surface area contributed by atoms with E-state index in [1.165, 1.54) is 0 Å². The normalized spacial score (nSPS) is 19.8. The molecule has 1 aromatic rings. The Labute approximate surface area is 126 Å². The number of nitriles is 1. The summed E-state index contributed by atoms with van der Waals surface area (Å²) < 4.78 is 0. The van der Waals surface area contributed by atoms with E-state index in [-0.39, 0.29) is 11.8 Å². The molecule has 0 saturated carbocycles. The number of nitrogens with one attached hydrogen (secondary N) is 1. The van der Waals surface area contributed by atoms with Gasteiger partial charge in [0.15, 0.2) is 0 Å². The second-order valence-electron chi connectivity index (χ2n) is 6.11. The van der Waals surface area contributed by atoms with Gasteiger partial charge in [-0.2, -0.15) is 5.26 Å². The summed E-state index contributed by atoms with van der Waals surface area (Å²) >= 11 is 0. The van der Waals surface area contributed by atoms with E-state index in [1.807, 2.05) is 32.9 Å². The zero-order valence-electron chi connectivity index (χ0n) is 12.9. The maximum Gasteiger partial charge on any atom is 0.229 e. The van der Waals surface area contributed by atoms with Crippen LogP contribution in [0.5, 0.6) is 0 Å². The van der Waals surface area contributed by atoms with E-state index in [9.17, 15) is 10.1 Å². The molecule has 0 aliphatic carbocycles. The van der Waals surface area contributed by atoms with E-state index in [2.05, 4.69) is 21.3 Å². The van der Waals surface area contributed by atoms with Gasteiger partial charge in [0, 0.05) is 12.7 Å². The van der Waals surface area contributed by atoms with E-state index in [0.29, 0.717) is 12.4 Å². The molecule has 5 heteroatoms. The standard InChI is InChI=1S/C16H22N4O/c1-12-6-4-8-18-14(12)19-15(21)13-7-5-9-20(10-13)16(2,3)11-17/h4,6,8,13H,5,7,9-10H2,1-3H3,(H,18,19,21)/t13-/m1/s1. The minimum Gasteiger partial charge on any atom is -0.310 e. The molecule has 1 aliphatic rings. The van der Waals surface area contributed by atoms with Crippen LogP contribution in [0, 0.1) is 24.2 Å². The number of pyridine rings is 1. The monoisotopic (exact) mass is 286 g/mol. The molecule has 1 aromatic heterocycles. The highest BCUT2D eigenvalue weighted by Crippen LogP contribution is 2.24. The molecule has 2 heterocycles. The van der Waals surface area contributed by atoms with E-state index >= 15 is 0 Å². The highest BCUT2D eigenvalue weighted by Gasteiger charge is 2.34. The molecule has 1 fully saturated rings. The molecule has 0 bridgehead atoms. The number of carbonyl (C=O) groups excluding carboxylic acids is 1. The van der Waals surface area contributed by atoms with Crippen LogP contribution < -0.4 is 5.32 Å². The van der Waals surface area contributed by atoms with Crippen LogP contribution in [-0.4, -0.2) is 34.4 Å². The Balaban J connectivity index is 2.03. The van der Waals surface area contributed by atoms with Crippen molar-refractivity contribution < 1.29 is 4.79 Å². The molecule has 1 atom stereocenters. The average molecular weight is 286 g/mol. The van der Waals surface area contributed by atoms with Crippen molar-refractivity contribution in [1.29, 1.82) is 5.26 Å². The number of amides is 1. The number of anilines is 1. The van der Waals surface area contributed by atoms with Crippen molar-refractivity contribution in [2.45, 2.75) is 39.2 Å². The number of likely N-dealkylation sites (tertiary alicyclic amines) is 1. The number of carbonyl (C=O) groups is 1. The first-order valence-corrected chi connectivity index (χ1v) is 7.33. The van der Waals surface area contributed by atoms with Gasteiger partial charge in [0.1, 0.15) is 11.4 Å². The van der Waals surface area contributed by atoms with Crippen LogP contribution in [-0.2, 0) is 4.79 Å². The van der Waals surface area contributed by atoms with Gasteiger partial charge in [0.2, 0.25) is 5.91 Å². The Kier molecular flexibility index (Phi) is 4.59. The zero-order valence-corrected chi connectivity index (χ0v) is 12.9. The number of aromatic nitrogens is 1. The summed E-state index contributed by atoms with van der Waals surface area (Å²) in [7, 11) is 0. The Bertz CT molecular complexity index is 562. The lowest BCUT2D eigenvalue weighted by Crippen LogP contribution is -2.50. The summed E-state index contributed by atoms with van der Waals surface area (Å²) in [6, 6.07) is 6.09. The second kappa shape index (κ2) is 6.23. The van der Waals surface area contributed by atoms with Crippen molar-refractivity contribution in [1.82, 2.24) is 9.88 Å². The van der Waals surface area contributed by atoms with E-state index in [4.69, 9.17) is 0 Å². The topological polar surface area (TPSA) is 69.0 Å². The smallest absolute Gasteiger partial charge is 0.229 e. The van der Waals surface area contributed by atoms with Crippen LogP contribution in [0.4, 0.5) is 5.82 Å². The van der Waals surface area contributed by atoms with Gasteiger partial charge < -0.3 is 5.32 Å². The minimum absolute atomic E-state index is 0.00441. The molecule has 0 radical (unpaired) electrons. The lowest BCUT2D eigenvalue weighted by atomic mass is 9.92. The molecule has 1 saturated heterocycles. The fourth-order valence-electron chi connectivity index (χ4n) is 2.60. The second-order valence-corrected chi connectivity index (χ2v) is 6.11. The molecule has 5 nitrogen and oxygen atoms in total. The predicted octanol–water partition coefficient (Wildman–Crippen LogP) is 2.34. The van der Waals surface area contributed by atoms with Crippen molar-refractivity contribution >= 4 is 11.7 Å². The number of hydrogen-bond acceptors (Lipinski definition) is 4. The molecule has 1 aliphatic heterocycles. The van der Waals surface area contributed by atoms with Gasteiger partial charge in [-0.05, 0) is 51.8 Å². The molecule has 112 valence electrons. The fourth-order valence-corrected chi connectivity index (χ4v) is 2.60. The third-order valence-corrected chi connectivity index (χ3v) is 4.11. The molecule has 0 unspecified atom stereocenters. The number of piperidine rings is 1. The number of aryl methyl sites for hydroxylation is 1. The quantitative estimate of drug-likeness (QED) is 0.926. The van der Waals surface area contributed by atoms with Crippen LogP contribution in [0.2, 0.25) is 0 Å². The summed E-state index contributed by atoms with van der Waals surface area (Å²) in [5, 5.41) is 12.2. The maximum absolute atomic E-state index is 12.4. The molecule has 21 heavy (non-hydrogen) atoms. The van der Waals surface area contributed by atoms with Gasteiger partial charge in [-0.15, -0.1) is 0 Å². The highest BCUT2D eigenvalue weighted by atomic mass is 16.2. The van der Waals surface area contributed by atoms with Crippen LogP contribution in [0.25, 0.3) is 0 Å². The summed E-state index contributed by atoms with van der Waals surface area (Å²) in [6.45, 7) is 7.21. The molecule has 1 N–H and O–H groups in total. The summed E-state index contributed by atoms with van der Waals surface area (Å²) in [4.78, 5) is 18.7. The Hall–Kier alpha value is -1.93. The van der Waals surface area contributed by atoms with E-state index < -0.39 is 5.54 Å². The van der Waals surface area contributed by atoms with E-state index in [1.54, 1.807) is 6.20 Å². The molecule has 2 rings (SSSR count). The zero-order chi connectivity index (χ0) is 15.5. The van der Waals surface area contributed by atoms with Crippen molar-refractivity contribution in [2.24, 2.45) is 5.92 Å². The van der Waals surface area contributed by atoms with Crippen molar-refractivity contribution in [2.75, 3.05) is 18.4 Å². The van der Waals surface area contributed by atoms with Crippen molar-refractivity contribution in [3.63, 3.8) is 0 Å². The lowest BCUT2D eigenvalue weighted by Gasteiger charge is -2.39. The summed E-state index contributed by atoms with van der Waals surface area (Å²) in [5.74, 6) is 0.530. The van der Waals surface area contributed by atoms with Crippen LogP contribution >= 0.6 is 0 Å². The van der Waals surface area contributed by atoms with Gasteiger partial charge in [0.05, 0.1) is 12.0 Å². The largest absolute Gasteiger partial charge is 0.310 e. The Morgan fingerprint density at radius 1 is 1.57 bits per heavy atom. The van der Waals surface area contributed by atoms with Gasteiger partial charge >= 0.3 is 0 Å². The van der Waals surface area contributed by atoms with Gasteiger partial charge in [-0.1, -0.05) is 6.07 Å². The van der Waals surface area contributed by atoms with Crippen molar-refractivity contribution in [3.05, 3.63) is 23.9 Å². The summed E-state index contributed by atoms with van der Waals surface area (Å²) in [5.41, 5.74) is 0.427. The van der Waals surface area contributed by atoms with Crippen molar-refractivity contribution in [3.8, 4) is 6.07 Å². The fraction of sp³-hybridized carbons (Fsp3) is 0.562. The summed E-state index contributed by atoms with van der Waals surface area (Å²) in [6.07, 6.45) is 3.47. The first kappa shape index (κ1) is 15.5. The van der Waals surface area contributed by atoms with Gasteiger partial charge in [0.25, 0.3) is 0 Å². The Morgan fingerprint density at radius 3 is 3.00 bits per heavy atom. The first-order valence-electron chi connectivity index (χ1n) is 7.33. The number of rotatable bonds is 3. The van der Waals surface area contributed by atoms with Crippen LogP contribution in [0.1, 0.15) is 32.3 Å². The predicted molar refractivity (Wildman–Crippen MR) is 81.6 cm³/mol. The molecule has 1 amide bonds. The minimum atomic E-state index is -0.528. The third-order valence-electron chi connectivity index (χ3n) is 4.11.